The molecule has 0 saturated carbocycles. The van der Waals surface area contributed by atoms with Gasteiger partial charge in [0.05, 0.1) is 8.41 Å². The topological polar surface area (TPSA) is 0 Å². The second kappa shape index (κ2) is 17.5. The number of hydrogen-bond donors (Lipinski definition) is 0. The van der Waals surface area contributed by atoms with Crippen LogP contribution in [0.5, 0.6) is 0 Å². The van der Waals surface area contributed by atoms with E-state index in [0.29, 0.717) is 0 Å². The standard InChI is InChI=1S/BH3.Ca.ClH.Na.3H/h1H3;;1H;;;;. The van der Waals surface area contributed by atoms with Gasteiger partial charge < -0.3 is 0 Å². The molecule has 0 unspecified atom stereocenters. The summed E-state index contributed by atoms with van der Waals surface area (Å²) in [6.07, 6.45) is 0. The minimum absolute atomic E-state index is 0. The van der Waals surface area contributed by atoms with Crippen LogP contribution < -0.4 is 0 Å². The molecule has 20 valence electrons. The summed E-state index contributed by atoms with van der Waals surface area (Å²) in [4.78, 5) is 0. The van der Waals surface area contributed by atoms with Crippen LogP contribution in [-0.2, 0) is 0 Å². The van der Waals surface area contributed by atoms with E-state index < -0.39 is 0 Å². The van der Waals surface area contributed by atoms with Gasteiger partial charge in [-0.2, -0.15) is 0 Å². The second-order valence-corrected chi connectivity index (χ2v) is 0. The molecule has 0 atom stereocenters. The summed E-state index contributed by atoms with van der Waals surface area (Å²) in [6, 6.07) is 0. The minimum atomic E-state index is 0. The van der Waals surface area contributed by atoms with Gasteiger partial charge in [-0.25, -0.2) is 0 Å². The Balaban J connectivity index is 0. The van der Waals surface area contributed by atoms with Crippen LogP contribution in [-0.4, -0.2) is 75.7 Å². The van der Waals surface area contributed by atoms with E-state index in [2.05, 4.69) is 0 Å². The zero-order valence-corrected chi connectivity index (χ0v) is 1.22. The van der Waals surface area contributed by atoms with Gasteiger partial charge in [-0.05, 0) is 0 Å². The van der Waals surface area contributed by atoms with Crippen molar-refractivity contribution in [2.75, 3.05) is 0 Å². The van der Waals surface area contributed by atoms with E-state index in [0.717, 1.165) is 0 Å². The molecule has 0 radical (unpaired) electrons. The van der Waals surface area contributed by atoms with Gasteiger partial charge in [-0.1, -0.05) is 0 Å². The van der Waals surface area contributed by atoms with Crippen molar-refractivity contribution in [3.05, 3.63) is 0 Å². The van der Waals surface area contributed by atoms with Gasteiger partial charge in [0, 0.05) is 0 Å². The van der Waals surface area contributed by atoms with Crippen LogP contribution in [0.15, 0.2) is 0 Å². The molecule has 0 nitrogen and oxygen atoms in total. The average molecular weight is 116 g/mol. The molecule has 4 heavy (non-hydrogen) atoms. The summed E-state index contributed by atoms with van der Waals surface area (Å²) in [5.41, 5.74) is 0. The SMILES string of the molecule is B.Cl.[CaH2].[NaH]. The third-order valence-corrected chi connectivity index (χ3v) is 0. The van der Waals surface area contributed by atoms with Gasteiger partial charge in [0.1, 0.15) is 0 Å². The molecule has 0 aromatic carbocycles. The van der Waals surface area contributed by atoms with E-state index in [9.17, 15) is 0 Å². The molecule has 0 spiro atoms. The fourth-order valence-corrected chi connectivity index (χ4v) is 0. The van der Waals surface area contributed by atoms with Crippen molar-refractivity contribution in [2.45, 2.75) is 0 Å². The molecular formula is H7BCaClNa. The van der Waals surface area contributed by atoms with Crippen LogP contribution in [0.3, 0.4) is 0 Å². The summed E-state index contributed by atoms with van der Waals surface area (Å²) >= 11 is 0. The van der Waals surface area contributed by atoms with Crippen molar-refractivity contribution < 1.29 is 0 Å². The Morgan fingerprint density at radius 1 is 1.00 bits per heavy atom. The summed E-state index contributed by atoms with van der Waals surface area (Å²) in [5, 5.41) is 0. The van der Waals surface area contributed by atoms with Crippen molar-refractivity contribution in [3.63, 3.8) is 0 Å². The van der Waals surface area contributed by atoms with Crippen LogP contribution in [0.25, 0.3) is 0 Å². The summed E-state index contributed by atoms with van der Waals surface area (Å²) in [7, 11) is 0. The third kappa shape index (κ3) is 8.82. The molecule has 0 aromatic heterocycles. The number of rotatable bonds is 0. The van der Waals surface area contributed by atoms with E-state index in [4.69, 9.17) is 0 Å². The van der Waals surface area contributed by atoms with E-state index >= 15 is 0 Å². The van der Waals surface area contributed by atoms with Gasteiger partial charge in [-0.15, -0.1) is 12.4 Å². The quantitative estimate of drug-likeness (QED) is 0.312. The Morgan fingerprint density at radius 3 is 1.00 bits per heavy atom. The van der Waals surface area contributed by atoms with Crippen LogP contribution in [0.1, 0.15) is 0 Å². The zero-order chi connectivity index (χ0) is 0. The van der Waals surface area contributed by atoms with E-state index in [1.165, 1.54) is 0 Å². The molecule has 0 heterocycles. The molecule has 0 saturated heterocycles. The van der Waals surface area contributed by atoms with Crippen molar-refractivity contribution in [2.24, 2.45) is 0 Å². The first-order chi connectivity index (χ1) is 0. The zero-order valence-electron chi connectivity index (χ0n) is 0.408. The molecule has 0 rings (SSSR count). The molecule has 0 bridgehead atoms. The van der Waals surface area contributed by atoms with Crippen molar-refractivity contribution in [1.29, 1.82) is 0 Å². The Kier molecular flexibility index (Phi) is 133. The Morgan fingerprint density at radius 2 is 1.00 bits per heavy atom. The summed E-state index contributed by atoms with van der Waals surface area (Å²) in [6.45, 7) is 0. The van der Waals surface area contributed by atoms with E-state index in [-0.39, 0.29) is 88.1 Å². The van der Waals surface area contributed by atoms with Crippen molar-refractivity contribution in [3.8, 4) is 0 Å². The van der Waals surface area contributed by atoms with Gasteiger partial charge in [-0.3, -0.25) is 0 Å². The van der Waals surface area contributed by atoms with Gasteiger partial charge in [0.15, 0.2) is 0 Å². The van der Waals surface area contributed by atoms with Crippen LogP contribution in [0.4, 0.5) is 0 Å². The third-order valence-electron chi connectivity index (χ3n) is 0. The fraction of sp³-hybridized carbons (Fsp3) is 0. The molecular weight excluding hydrogens is 109 g/mol. The number of hydrogen-bond acceptors (Lipinski definition) is 0. The molecule has 0 aromatic rings. The van der Waals surface area contributed by atoms with Crippen LogP contribution >= 0.6 is 12.4 Å². The molecule has 0 aliphatic heterocycles. The van der Waals surface area contributed by atoms with E-state index in [1.54, 1.807) is 0 Å². The molecule has 0 N–H and O–H groups in total. The van der Waals surface area contributed by atoms with Crippen LogP contribution in [0, 0.1) is 0 Å². The predicted octanol–water partition coefficient (Wildman–Crippen LogP) is -2.33. The molecule has 0 amide bonds. The number of halogens is 1. The molecule has 0 fully saturated rings. The molecule has 0 aliphatic carbocycles. The van der Waals surface area contributed by atoms with Crippen molar-refractivity contribution >= 4 is 88.1 Å². The van der Waals surface area contributed by atoms with Crippen molar-refractivity contribution in [1.82, 2.24) is 0 Å². The van der Waals surface area contributed by atoms with Gasteiger partial charge in [0.2, 0.25) is 0 Å². The Hall–Kier alpha value is 2.61. The summed E-state index contributed by atoms with van der Waals surface area (Å²) in [5.74, 6) is 0. The van der Waals surface area contributed by atoms with Gasteiger partial charge >= 0.3 is 67.3 Å². The Labute approximate surface area is 86.4 Å². The fourth-order valence-electron chi connectivity index (χ4n) is 0. The predicted molar refractivity (Wildman–Crippen MR) is 32.9 cm³/mol. The second-order valence-electron chi connectivity index (χ2n) is 0. The maximum absolute atomic E-state index is 0. The molecule has 0 aliphatic rings. The first-order valence-corrected chi connectivity index (χ1v) is 0. The monoisotopic (exact) mass is 116 g/mol. The van der Waals surface area contributed by atoms with Gasteiger partial charge in [0.25, 0.3) is 0 Å². The average Bonchev–Trinajstić information content (AvgIpc) is 0. The summed E-state index contributed by atoms with van der Waals surface area (Å²) < 4.78 is 0. The van der Waals surface area contributed by atoms with E-state index in [1.807, 2.05) is 0 Å². The normalized spacial score (nSPS) is 0. The van der Waals surface area contributed by atoms with Crippen LogP contribution in [0.2, 0.25) is 0 Å². The first kappa shape index (κ1) is 30.5. The maximum atomic E-state index is 0. The molecule has 4 heteroatoms. The first-order valence-electron chi connectivity index (χ1n) is 0. The Bertz CT molecular complexity index is 8.00.